The van der Waals surface area contributed by atoms with E-state index in [0.29, 0.717) is 19.4 Å². The molecule has 1 N–H and O–H groups in total. The van der Waals surface area contributed by atoms with E-state index in [9.17, 15) is 9.59 Å². The van der Waals surface area contributed by atoms with Gasteiger partial charge in [-0.3, -0.25) is 9.59 Å². The van der Waals surface area contributed by atoms with Crippen LogP contribution >= 0.6 is 0 Å². The first kappa shape index (κ1) is 37.7. The van der Waals surface area contributed by atoms with Gasteiger partial charge in [-0.2, -0.15) is 0 Å². The molecule has 0 aromatic carbocycles. The van der Waals surface area contributed by atoms with E-state index in [2.05, 4.69) is 19.1 Å². The van der Waals surface area contributed by atoms with Crippen LogP contribution in [0.5, 0.6) is 0 Å². The highest BCUT2D eigenvalue weighted by atomic mass is 16.5. The van der Waals surface area contributed by atoms with Gasteiger partial charge in [0.25, 0.3) is 0 Å². The maximum absolute atomic E-state index is 11.9. The Morgan fingerprint density at radius 1 is 0.487 bits per heavy atom. The van der Waals surface area contributed by atoms with Crippen LogP contribution in [0.25, 0.3) is 0 Å². The molecule has 0 aromatic heterocycles. The van der Waals surface area contributed by atoms with Gasteiger partial charge in [-0.1, -0.05) is 147 Å². The molecular weight excluding hydrogens is 484 g/mol. The number of esters is 1. The summed E-state index contributed by atoms with van der Waals surface area (Å²) < 4.78 is 5.39. The second-order valence-electron chi connectivity index (χ2n) is 11.6. The summed E-state index contributed by atoms with van der Waals surface area (Å²) in [5.74, 6) is -0.695. The van der Waals surface area contributed by atoms with Gasteiger partial charge in [0.1, 0.15) is 0 Å². The van der Waals surface area contributed by atoms with Crippen molar-refractivity contribution in [3.63, 3.8) is 0 Å². The second kappa shape index (κ2) is 32.9. The molecule has 4 nitrogen and oxygen atoms in total. The molecule has 0 aliphatic heterocycles. The standard InChI is InChI=1S/C35H66O4/c1-2-3-4-5-6-7-8-9-10-11-12-13-14-15-16-20-23-26-29-32-35(38)39-33-30-27-24-21-18-17-19-22-25-28-31-34(36)37/h9-10H,2-8,11-33H2,1H3,(H,36,37). The predicted molar refractivity (Wildman–Crippen MR) is 167 cm³/mol. The quantitative estimate of drug-likeness (QED) is 0.0514. The normalized spacial score (nSPS) is 11.4. The number of hydrogen-bond acceptors (Lipinski definition) is 3. The third kappa shape index (κ3) is 34.7. The SMILES string of the molecule is CCCCCCCCC=CCCCCCCCCCCCC(=O)OCCCCCCCCCCCCC(=O)O. The van der Waals surface area contributed by atoms with E-state index in [1.165, 1.54) is 128 Å². The van der Waals surface area contributed by atoms with Crippen LogP contribution in [0.15, 0.2) is 12.2 Å². The summed E-state index contributed by atoms with van der Waals surface area (Å²) in [6.45, 7) is 2.86. The Kier molecular flexibility index (Phi) is 31.8. The van der Waals surface area contributed by atoms with E-state index in [-0.39, 0.29) is 5.97 Å². The van der Waals surface area contributed by atoms with E-state index in [0.717, 1.165) is 44.9 Å². The molecule has 0 rings (SSSR count). The zero-order chi connectivity index (χ0) is 28.5. The Labute approximate surface area is 243 Å². The summed E-state index contributed by atoms with van der Waals surface area (Å²) in [7, 11) is 0. The summed E-state index contributed by atoms with van der Waals surface area (Å²) >= 11 is 0. The van der Waals surface area contributed by atoms with Crippen molar-refractivity contribution in [1.82, 2.24) is 0 Å². The molecule has 0 heterocycles. The van der Waals surface area contributed by atoms with Crippen LogP contribution in [0.1, 0.15) is 193 Å². The Morgan fingerprint density at radius 3 is 1.28 bits per heavy atom. The molecule has 0 aliphatic rings. The first-order chi connectivity index (χ1) is 19.2. The summed E-state index contributed by atoms with van der Waals surface area (Å²) in [6, 6.07) is 0. The monoisotopic (exact) mass is 550 g/mol. The molecule has 0 aromatic rings. The van der Waals surface area contributed by atoms with Crippen LogP contribution in [0.4, 0.5) is 0 Å². The van der Waals surface area contributed by atoms with Crippen LogP contribution in [0.2, 0.25) is 0 Å². The number of carbonyl (C=O) groups excluding carboxylic acids is 1. The third-order valence-corrected chi connectivity index (χ3v) is 7.69. The first-order valence-corrected chi connectivity index (χ1v) is 17.2. The van der Waals surface area contributed by atoms with Gasteiger partial charge in [0.2, 0.25) is 0 Å². The van der Waals surface area contributed by atoms with E-state index >= 15 is 0 Å². The number of aliphatic carboxylic acids is 1. The lowest BCUT2D eigenvalue weighted by molar-refractivity contribution is -0.144. The largest absolute Gasteiger partial charge is 0.481 e. The topological polar surface area (TPSA) is 63.6 Å². The molecule has 0 saturated heterocycles. The van der Waals surface area contributed by atoms with Crippen molar-refractivity contribution in [3.8, 4) is 0 Å². The average Bonchev–Trinajstić information content (AvgIpc) is 2.92. The molecule has 39 heavy (non-hydrogen) atoms. The molecule has 0 fully saturated rings. The van der Waals surface area contributed by atoms with Crippen molar-refractivity contribution < 1.29 is 19.4 Å². The first-order valence-electron chi connectivity index (χ1n) is 17.2. The van der Waals surface area contributed by atoms with Crippen LogP contribution in [-0.2, 0) is 14.3 Å². The minimum Gasteiger partial charge on any atom is -0.481 e. The van der Waals surface area contributed by atoms with Gasteiger partial charge < -0.3 is 9.84 Å². The van der Waals surface area contributed by atoms with Crippen LogP contribution < -0.4 is 0 Å². The molecule has 0 bridgehead atoms. The number of rotatable bonds is 32. The number of carbonyl (C=O) groups is 2. The molecule has 0 aliphatic carbocycles. The highest BCUT2D eigenvalue weighted by Crippen LogP contribution is 2.14. The molecule has 4 heteroatoms. The summed E-state index contributed by atoms with van der Waals surface area (Å²) in [4.78, 5) is 22.3. The molecule has 0 saturated carbocycles. The van der Waals surface area contributed by atoms with Crippen LogP contribution in [-0.4, -0.2) is 23.7 Å². The van der Waals surface area contributed by atoms with Gasteiger partial charge in [0.15, 0.2) is 0 Å². The highest BCUT2D eigenvalue weighted by Gasteiger charge is 2.03. The van der Waals surface area contributed by atoms with Crippen LogP contribution in [0.3, 0.4) is 0 Å². The number of carboxylic acid groups (broad SMARTS) is 1. The summed E-state index contributed by atoms with van der Waals surface area (Å²) in [5, 5.41) is 8.61. The minimum atomic E-state index is -0.681. The Balaban J connectivity index is 3.19. The Morgan fingerprint density at radius 2 is 0.846 bits per heavy atom. The van der Waals surface area contributed by atoms with Gasteiger partial charge in [-0.25, -0.2) is 0 Å². The zero-order valence-corrected chi connectivity index (χ0v) is 26.0. The second-order valence-corrected chi connectivity index (χ2v) is 11.6. The minimum absolute atomic E-state index is 0.0149. The smallest absolute Gasteiger partial charge is 0.305 e. The van der Waals surface area contributed by atoms with Gasteiger partial charge in [-0.05, 0) is 44.9 Å². The highest BCUT2D eigenvalue weighted by molar-refractivity contribution is 5.69. The van der Waals surface area contributed by atoms with Gasteiger partial charge >= 0.3 is 11.9 Å². The fourth-order valence-electron chi connectivity index (χ4n) is 5.10. The van der Waals surface area contributed by atoms with Gasteiger partial charge in [0, 0.05) is 12.8 Å². The lowest BCUT2D eigenvalue weighted by Crippen LogP contribution is -2.05. The average molecular weight is 551 g/mol. The van der Waals surface area contributed by atoms with Crippen molar-refractivity contribution in [3.05, 3.63) is 12.2 Å². The Hall–Kier alpha value is -1.32. The molecule has 0 unspecified atom stereocenters. The number of unbranched alkanes of at least 4 members (excludes halogenated alkanes) is 24. The van der Waals surface area contributed by atoms with Gasteiger partial charge in [-0.15, -0.1) is 0 Å². The number of carboxylic acids is 1. The van der Waals surface area contributed by atoms with E-state index in [1.54, 1.807) is 0 Å². The molecule has 0 radical (unpaired) electrons. The maximum atomic E-state index is 11.9. The molecule has 0 atom stereocenters. The third-order valence-electron chi connectivity index (χ3n) is 7.69. The number of allylic oxidation sites excluding steroid dienone is 2. The number of ether oxygens (including phenoxy) is 1. The molecular formula is C35H66O4. The summed E-state index contributed by atoms with van der Waals surface area (Å²) in [5.41, 5.74) is 0. The van der Waals surface area contributed by atoms with Gasteiger partial charge in [0.05, 0.1) is 6.61 Å². The lowest BCUT2D eigenvalue weighted by atomic mass is 10.1. The molecule has 0 spiro atoms. The molecule has 0 amide bonds. The van der Waals surface area contributed by atoms with Crippen molar-refractivity contribution >= 4 is 11.9 Å². The maximum Gasteiger partial charge on any atom is 0.305 e. The Bertz CT molecular complexity index is 543. The lowest BCUT2D eigenvalue weighted by Gasteiger charge is -2.06. The van der Waals surface area contributed by atoms with Crippen LogP contribution in [0, 0.1) is 0 Å². The van der Waals surface area contributed by atoms with Crippen molar-refractivity contribution in [1.29, 1.82) is 0 Å². The van der Waals surface area contributed by atoms with E-state index in [1.807, 2.05) is 0 Å². The van der Waals surface area contributed by atoms with Crippen molar-refractivity contribution in [2.24, 2.45) is 0 Å². The number of hydrogen-bond donors (Lipinski definition) is 1. The van der Waals surface area contributed by atoms with E-state index in [4.69, 9.17) is 9.84 Å². The van der Waals surface area contributed by atoms with Crippen molar-refractivity contribution in [2.75, 3.05) is 6.61 Å². The van der Waals surface area contributed by atoms with E-state index < -0.39 is 5.97 Å². The van der Waals surface area contributed by atoms with Crippen molar-refractivity contribution in [2.45, 2.75) is 193 Å². The summed E-state index contributed by atoms with van der Waals surface area (Å²) in [6.07, 6.45) is 39.3. The fraction of sp³-hybridized carbons (Fsp3) is 0.886. The predicted octanol–water partition coefficient (Wildman–Crippen LogP) is 11.5. The molecule has 230 valence electrons. The zero-order valence-electron chi connectivity index (χ0n) is 26.0. The fourth-order valence-corrected chi connectivity index (χ4v) is 5.10.